The smallest absolute Gasteiger partial charge is 0.293 e. The van der Waals surface area contributed by atoms with Gasteiger partial charge in [-0.1, -0.05) is 0 Å². The van der Waals surface area contributed by atoms with Gasteiger partial charge in [-0.05, 0) is 32.9 Å². The Bertz CT molecular complexity index is 233. The number of rotatable bonds is 0. The lowest BCUT2D eigenvalue weighted by molar-refractivity contribution is 0.111. The number of hydrogen-bond acceptors (Lipinski definition) is 3. The van der Waals surface area contributed by atoms with Gasteiger partial charge in [0, 0.05) is 12.4 Å². The maximum Gasteiger partial charge on any atom is 0.293 e. The van der Waals surface area contributed by atoms with Gasteiger partial charge >= 0.3 is 0 Å². The molecule has 0 saturated heterocycles. The molecule has 0 saturated carbocycles. The van der Waals surface area contributed by atoms with Gasteiger partial charge in [0.2, 0.25) is 0 Å². The van der Waals surface area contributed by atoms with E-state index in [4.69, 9.17) is 4.74 Å². The van der Waals surface area contributed by atoms with E-state index in [0.29, 0.717) is 6.02 Å². The molecule has 0 aromatic carbocycles. The van der Waals surface area contributed by atoms with E-state index in [9.17, 15) is 0 Å². The summed E-state index contributed by atoms with van der Waals surface area (Å²) in [6.45, 7) is 5.94. The minimum atomic E-state index is -0.210. The van der Waals surface area contributed by atoms with Crippen LogP contribution in [0.3, 0.4) is 0 Å². The number of aliphatic imine (C=N–C) groups is 1. The van der Waals surface area contributed by atoms with Gasteiger partial charge in [0.15, 0.2) is 0 Å². The van der Waals surface area contributed by atoms with E-state index in [1.807, 2.05) is 32.9 Å². The van der Waals surface area contributed by atoms with Crippen LogP contribution < -0.4 is 5.32 Å². The van der Waals surface area contributed by atoms with Crippen LogP contribution in [0.1, 0.15) is 20.8 Å². The normalized spacial score (nSPS) is 16.4. The molecule has 1 rings (SSSR count). The van der Waals surface area contributed by atoms with Crippen molar-refractivity contribution < 1.29 is 4.74 Å². The van der Waals surface area contributed by atoms with Crippen LogP contribution in [-0.4, -0.2) is 11.6 Å². The minimum Gasteiger partial charge on any atom is -0.459 e. The highest BCUT2D eigenvalue weighted by atomic mass is 16.5. The Balaban J connectivity index is 2.58. The molecule has 1 aliphatic rings. The van der Waals surface area contributed by atoms with Crippen LogP contribution in [0.2, 0.25) is 0 Å². The molecule has 0 aliphatic carbocycles. The van der Waals surface area contributed by atoms with Crippen LogP contribution in [0.25, 0.3) is 0 Å². The zero-order valence-electron chi connectivity index (χ0n) is 7.66. The molecule has 0 unspecified atom stereocenters. The lowest BCUT2D eigenvalue weighted by atomic mass is 10.2. The molecule has 3 heteroatoms. The quantitative estimate of drug-likeness (QED) is 0.595. The second kappa shape index (κ2) is 3.43. The Labute approximate surface area is 72.8 Å². The molecule has 0 amide bonds. The van der Waals surface area contributed by atoms with Crippen LogP contribution in [0.15, 0.2) is 29.5 Å². The van der Waals surface area contributed by atoms with Crippen molar-refractivity contribution in [3.05, 3.63) is 24.6 Å². The molecule has 3 nitrogen and oxygen atoms in total. The van der Waals surface area contributed by atoms with Crippen LogP contribution >= 0.6 is 0 Å². The van der Waals surface area contributed by atoms with E-state index in [-0.39, 0.29) is 5.60 Å². The minimum absolute atomic E-state index is 0.210. The fourth-order valence-corrected chi connectivity index (χ4v) is 0.718. The number of allylic oxidation sites excluding steroid dienone is 2. The monoisotopic (exact) mass is 166 g/mol. The van der Waals surface area contributed by atoms with Gasteiger partial charge in [0.25, 0.3) is 6.02 Å². The highest BCUT2D eigenvalue weighted by molar-refractivity contribution is 5.76. The topological polar surface area (TPSA) is 33.6 Å². The molecule has 66 valence electrons. The van der Waals surface area contributed by atoms with Gasteiger partial charge in [0.1, 0.15) is 5.60 Å². The average Bonchev–Trinajstić information content (AvgIpc) is 2.12. The van der Waals surface area contributed by atoms with Crippen molar-refractivity contribution in [3.63, 3.8) is 0 Å². The summed E-state index contributed by atoms with van der Waals surface area (Å²) in [6, 6.07) is 0.535. The molecule has 1 N–H and O–H groups in total. The summed E-state index contributed by atoms with van der Waals surface area (Å²) in [4.78, 5) is 4.05. The molecule has 0 aromatic rings. The van der Waals surface area contributed by atoms with Crippen LogP contribution in [-0.2, 0) is 4.74 Å². The van der Waals surface area contributed by atoms with E-state index >= 15 is 0 Å². The first-order chi connectivity index (χ1) is 5.58. The van der Waals surface area contributed by atoms with E-state index in [2.05, 4.69) is 10.3 Å². The van der Waals surface area contributed by atoms with E-state index in [0.717, 1.165) is 0 Å². The standard InChI is InChI=1S/C9H14N2O/c1-9(2,3)12-8-10-6-4-5-7-11-8/h4-7H,1-3H3,(H,10,11). The third-order valence-electron chi connectivity index (χ3n) is 1.09. The van der Waals surface area contributed by atoms with E-state index in [1.165, 1.54) is 0 Å². The first-order valence-corrected chi connectivity index (χ1v) is 3.93. The van der Waals surface area contributed by atoms with Crippen molar-refractivity contribution in [3.8, 4) is 0 Å². The lowest BCUT2D eigenvalue weighted by Gasteiger charge is -2.21. The van der Waals surface area contributed by atoms with Gasteiger partial charge in [-0.3, -0.25) is 0 Å². The fraction of sp³-hybridized carbons (Fsp3) is 0.444. The summed E-state index contributed by atoms with van der Waals surface area (Å²) in [5, 5.41) is 2.92. The molecule has 0 spiro atoms. The summed E-state index contributed by atoms with van der Waals surface area (Å²) < 4.78 is 5.50. The Hall–Kier alpha value is -1.25. The third kappa shape index (κ3) is 3.23. The van der Waals surface area contributed by atoms with Gasteiger partial charge < -0.3 is 10.1 Å². The molecule has 0 atom stereocenters. The molecule has 0 fully saturated rings. The molecule has 0 bridgehead atoms. The van der Waals surface area contributed by atoms with Gasteiger partial charge in [-0.2, -0.15) is 0 Å². The SMILES string of the molecule is CC(C)(C)OC1=NC=CC=CN1. The van der Waals surface area contributed by atoms with Gasteiger partial charge in [-0.25, -0.2) is 4.99 Å². The molecule has 0 aromatic heterocycles. The maximum atomic E-state index is 5.50. The highest BCUT2D eigenvalue weighted by Gasteiger charge is 2.13. The number of hydrogen-bond donors (Lipinski definition) is 1. The molecule has 12 heavy (non-hydrogen) atoms. The zero-order valence-corrected chi connectivity index (χ0v) is 7.66. The zero-order chi connectivity index (χ0) is 9.03. The predicted octanol–water partition coefficient (Wildman–Crippen LogP) is 1.79. The van der Waals surface area contributed by atoms with Gasteiger partial charge in [0.05, 0.1) is 0 Å². The van der Waals surface area contributed by atoms with Crippen LogP contribution in [0.4, 0.5) is 0 Å². The highest BCUT2D eigenvalue weighted by Crippen LogP contribution is 2.07. The second-order valence-corrected chi connectivity index (χ2v) is 3.49. The average molecular weight is 166 g/mol. The van der Waals surface area contributed by atoms with Crippen molar-refractivity contribution in [1.82, 2.24) is 5.32 Å². The number of nitrogens with one attached hydrogen (secondary N) is 1. The number of nitrogens with zero attached hydrogens (tertiary/aromatic N) is 1. The lowest BCUT2D eigenvalue weighted by Crippen LogP contribution is -2.30. The molecular formula is C9H14N2O. The van der Waals surface area contributed by atoms with Crippen molar-refractivity contribution in [2.24, 2.45) is 4.99 Å². The molecule has 1 heterocycles. The first kappa shape index (κ1) is 8.84. The summed E-state index contributed by atoms with van der Waals surface area (Å²) in [5.74, 6) is 0. The van der Waals surface area contributed by atoms with Crippen molar-refractivity contribution in [2.75, 3.05) is 0 Å². The Kier molecular flexibility index (Phi) is 2.53. The maximum absolute atomic E-state index is 5.50. The van der Waals surface area contributed by atoms with Crippen molar-refractivity contribution >= 4 is 6.02 Å². The first-order valence-electron chi connectivity index (χ1n) is 3.93. The summed E-state index contributed by atoms with van der Waals surface area (Å²) in [5.41, 5.74) is -0.210. The Morgan fingerprint density at radius 2 is 2.08 bits per heavy atom. The molecule has 1 aliphatic heterocycles. The Morgan fingerprint density at radius 3 is 2.75 bits per heavy atom. The summed E-state index contributed by atoms with van der Waals surface area (Å²) >= 11 is 0. The molecule has 0 radical (unpaired) electrons. The van der Waals surface area contributed by atoms with Crippen LogP contribution in [0, 0.1) is 0 Å². The summed E-state index contributed by atoms with van der Waals surface area (Å²) in [7, 11) is 0. The van der Waals surface area contributed by atoms with E-state index < -0.39 is 0 Å². The third-order valence-corrected chi connectivity index (χ3v) is 1.09. The Morgan fingerprint density at radius 1 is 1.33 bits per heavy atom. The predicted molar refractivity (Wildman–Crippen MR) is 49.7 cm³/mol. The second-order valence-electron chi connectivity index (χ2n) is 3.49. The number of ether oxygens (including phenoxy) is 1. The van der Waals surface area contributed by atoms with Gasteiger partial charge in [-0.15, -0.1) is 0 Å². The van der Waals surface area contributed by atoms with Crippen molar-refractivity contribution in [2.45, 2.75) is 26.4 Å². The fourth-order valence-electron chi connectivity index (χ4n) is 0.718. The van der Waals surface area contributed by atoms with Crippen molar-refractivity contribution in [1.29, 1.82) is 0 Å². The van der Waals surface area contributed by atoms with Crippen LogP contribution in [0.5, 0.6) is 0 Å². The number of amidine groups is 1. The largest absolute Gasteiger partial charge is 0.459 e. The van der Waals surface area contributed by atoms with E-state index in [1.54, 1.807) is 12.4 Å². The summed E-state index contributed by atoms with van der Waals surface area (Å²) in [6.07, 6.45) is 7.18. The molecular weight excluding hydrogens is 152 g/mol.